The third-order valence-electron chi connectivity index (χ3n) is 5.17. The summed E-state index contributed by atoms with van der Waals surface area (Å²) in [4.78, 5) is 15.0. The Hall–Kier alpha value is -1.55. The van der Waals surface area contributed by atoms with E-state index < -0.39 is 0 Å². The number of nitrogens with one attached hydrogen (secondary N) is 2. The number of urea groups is 1. The van der Waals surface area contributed by atoms with Crippen molar-refractivity contribution >= 4 is 11.7 Å². The highest BCUT2D eigenvalue weighted by molar-refractivity contribution is 5.91. The fourth-order valence-electron chi connectivity index (χ4n) is 3.59. The van der Waals surface area contributed by atoms with E-state index in [1.54, 1.807) is 0 Å². The van der Waals surface area contributed by atoms with E-state index in [9.17, 15) is 4.79 Å². The average Bonchev–Trinajstić information content (AvgIpc) is 3.40. The summed E-state index contributed by atoms with van der Waals surface area (Å²) in [6.07, 6.45) is 6.74. The van der Waals surface area contributed by atoms with Crippen LogP contribution in [0.15, 0.2) is 18.2 Å². The summed E-state index contributed by atoms with van der Waals surface area (Å²) < 4.78 is 0. The molecule has 1 saturated carbocycles. The molecular formula is C19H29N3O. The molecular weight excluding hydrogens is 286 g/mol. The molecule has 1 aliphatic carbocycles. The molecule has 1 heterocycles. The smallest absolute Gasteiger partial charge is 0.319 e. The van der Waals surface area contributed by atoms with E-state index in [1.807, 2.05) is 0 Å². The van der Waals surface area contributed by atoms with E-state index in [-0.39, 0.29) is 6.03 Å². The molecule has 2 N–H and O–H groups in total. The lowest BCUT2D eigenvalue weighted by molar-refractivity contribution is 0.189. The second-order valence-electron chi connectivity index (χ2n) is 6.80. The Labute approximate surface area is 139 Å². The number of nitrogens with zero attached hydrogens (tertiary/aromatic N) is 1. The molecule has 0 bridgehead atoms. The van der Waals surface area contributed by atoms with Crippen LogP contribution >= 0.6 is 0 Å². The standard InChI is InChI=1S/C19H29N3O/c1-3-14-6-5-7-15(4-2)18(14)21-19(23)20-16-10-12-22(13-11-16)17-8-9-17/h5-7,16-17H,3-4,8-13H2,1-2H3,(H2,20,21,23). The Morgan fingerprint density at radius 2 is 1.70 bits per heavy atom. The molecule has 4 heteroatoms. The van der Waals surface area contributed by atoms with Gasteiger partial charge in [-0.1, -0.05) is 32.0 Å². The second kappa shape index (κ2) is 7.35. The normalized spacial score (nSPS) is 19.6. The molecule has 126 valence electrons. The predicted molar refractivity (Wildman–Crippen MR) is 95.0 cm³/mol. The SMILES string of the molecule is CCc1cccc(CC)c1NC(=O)NC1CCN(C2CC2)CC1. The maximum absolute atomic E-state index is 12.4. The molecule has 3 rings (SSSR count). The number of carbonyl (C=O) groups is 1. The van der Waals surface area contributed by atoms with Crippen molar-refractivity contribution in [2.75, 3.05) is 18.4 Å². The Morgan fingerprint density at radius 3 is 2.22 bits per heavy atom. The van der Waals surface area contributed by atoms with E-state index in [0.29, 0.717) is 6.04 Å². The van der Waals surface area contributed by atoms with Crippen LogP contribution in [0.1, 0.15) is 50.7 Å². The maximum atomic E-state index is 12.4. The van der Waals surface area contributed by atoms with Gasteiger partial charge in [0.2, 0.25) is 0 Å². The van der Waals surface area contributed by atoms with Gasteiger partial charge >= 0.3 is 6.03 Å². The molecule has 23 heavy (non-hydrogen) atoms. The molecule has 2 aliphatic rings. The van der Waals surface area contributed by atoms with E-state index in [2.05, 4.69) is 47.6 Å². The minimum absolute atomic E-state index is 0.0505. The number of likely N-dealkylation sites (tertiary alicyclic amines) is 1. The molecule has 4 nitrogen and oxygen atoms in total. The summed E-state index contributed by atoms with van der Waals surface area (Å²) in [6, 6.07) is 7.38. The predicted octanol–water partition coefficient (Wildman–Crippen LogP) is 3.56. The van der Waals surface area contributed by atoms with Gasteiger partial charge in [0, 0.05) is 30.9 Å². The van der Waals surface area contributed by atoms with Crippen LogP contribution in [0.4, 0.5) is 10.5 Å². The minimum atomic E-state index is -0.0505. The lowest BCUT2D eigenvalue weighted by Gasteiger charge is -2.32. The van der Waals surface area contributed by atoms with Gasteiger partial charge in [-0.15, -0.1) is 0 Å². The molecule has 0 unspecified atom stereocenters. The largest absolute Gasteiger partial charge is 0.335 e. The van der Waals surface area contributed by atoms with Gasteiger partial charge in [0.15, 0.2) is 0 Å². The first-order chi connectivity index (χ1) is 11.2. The van der Waals surface area contributed by atoms with Gasteiger partial charge in [0.05, 0.1) is 0 Å². The van der Waals surface area contributed by atoms with E-state index in [0.717, 1.165) is 50.5 Å². The molecule has 0 spiro atoms. The summed E-state index contributed by atoms with van der Waals surface area (Å²) in [5.74, 6) is 0. The van der Waals surface area contributed by atoms with Crippen molar-refractivity contribution in [3.8, 4) is 0 Å². The summed E-state index contributed by atoms with van der Waals surface area (Å²) in [5, 5.41) is 6.28. The maximum Gasteiger partial charge on any atom is 0.319 e. The topological polar surface area (TPSA) is 44.4 Å². The van der Waals surface area contributed by atoms with Crippen molar-refractivity contribution in [3.05, 3.63) is 29.3 Å². The van der Waals surface area contributed by atoms with Crippen LogP contribution in [0.3, 0.4) is 0 Å². The van der Waals surface area contributed by atoms with Gasteiger partial charge < -0.3 is 15.5 Å². The zero-order valence-corrected chi connectivity index (χ0v) is 14.4. The van der Waals surface area contributed by atoms with Crippen molar-refractivity contribution in [1.29, 1.82) is 0 Å². The number of hydrogen-bond donors (Lipinski definition) is 2. The Balaban J connectivity index is 1.55. The van der Waals surface area contributed by atoms with Gasteiger partial charge in [-0.3, -0.25) is 0 Å². The van der Waals surface area contributed by atoms with E-state index in [4.69, 9.17) is 0 Å². The zero-order chi connectivity index (χ0) is 16.2. The number of aryl methyl sites for hydroxylation is 2. The number of rotatable bonds is 5. The van der Waals surface area contributed by atoms with E-state index >= 15 is 0 Å². The second-order valence-corrected chi connectivity index (χ2v) is 6.80. The fraction of sp³-hybridized carbons (Fsp3) is 0.632. The molecule has 0 aromatic heterocycles. The van der Waals surface area contributed by atoms with Crippen LogP contribution in [0.5, 0.6) is 0 Å². The van der Waals surface area contributed by atoms with Crippen molar-refractivity contribution in [1.82, 2.24) is 10.2 Å². The van der Waals surface area contributed by atoms with Crippen LogP contribution < -0.4 is 10.6 Å². The van der Waals surface area contributed by atoms with Crippen molar-refractivity contribution in [2.24, 2.45) is 0 Å². The summed E-state index contributed by atoms with van der Waals surface area (Å²) in [6.45, 7) is 6.51. The highest BCUT2D eigenvalue weighted by atomic mass is 16.2. The first-order valence-corrected chi connectivity index (χ1v) is 9.13. The molecule has 2 amide bonds. The molecule has 1 aliphatic heterocycles. The van der Waals surface area contributed by atoms with Crippen LogP contribution in [-0.4, -0.2) is 36.1 Å². The lowest BCUT2D eigenvalue weighted by atomic mass is 10.0. The number of benzene rings is 1. The molecule has 1 aromatic carbocycles. The van der Waals surface area contributed by atoms with Crippen LogP contribution in [0.25, 0.3) is 0 Å². The number of carbonyl (C=O) groups excluding carboxylic acids is 1. The number of hydrogen-bond acceptors (Lipinski definition) is 2. The van der Waals surface area contributed by atoms with Crippen LogP contribution in [0.2, 0.25) is 0 Å². The number of para-hydroxylation sites is 1. The average molecular weight is 315 g/mol. The van der Waals surface area contributed by atoms with Crippen LogP contribution in [-0.2, 0) is 12.8 Å². The highest BCUT2D eigenvalue weighted by Gasteiger charge is 2.32. The lowest BCUT2D eigenvalue weighted by Crippen LogP contribution is -2.46. The third-order valence-corrected chi connectivity index (χ3v) is 5.17. The van der Waals surface area contributed by atoms with Crippen molar-refractivity contribution in [2.45, 2.75) is 64.5 Å². The zero-order valence-electron chi connectivity index (χ0n) is 14.4. The van der Waals surface area contributed by atoms with Gasteiger partial charge in [-0.05, 0) is 49.7 Å². The molecule has 2 fully saturated rings. The number of piperidine rings is 1. The fourth-order valence-corrected chi connectivity index (χ4v) is 3.59. The minimum Gasteiger partial charge on any atom is -0.335 e. The Kier molecular flexibility index (Phi) is 5.21. The summed E-state index contributed by atoms with van der Waals surface area (Å²) in [7, 11) is 0. The number of amides is 2. The van der Waals surface area contributed by atoms with Gasteiger partial charge in [0.1, 0.15) is 0 Å². The summed E-state index contributed by atoms with van der Waals surface area (Å²) >= 11 is 0. The molecule has 1 aromatic rings. The van der Waals surface area contributed by atoms with Crippen molar-refractivity contribution < 1.29 is 4.79 Å². The monoisotopic (exact) mass is 315 g/mol. The van der Waals surface area contributed by atoms with Gasteiger partial charge in [-0.25, -0.2) is 4.79 Å². The van der Waals surface area contributed by atoms with Crippen molar-refractivity contribution in [3.63, 3.8) is 0 Å². The molecule has 0 atom stereocenters. The highest BCUT2D eigenvalue weighted by Crippen LogP contribution is 2.29. The molecule has 0 radical (unpaired) electrons. The summed E-state index contributed by atoms with van der Waals surface area (Å²) in [5.41, 5.74) is 3.43. The number of anilines is 1. The Bertz CT molecular complexity index is 523. The van der Waals surface area contributed by atoms with Gasteiger partial charge in [0.25, 0.3) is 0 Å². The molecule has 1 saturated heterocycles. The quantitative estimate of drug-likeness (QED) is 0.872. The van der Waals surface area contributed by atoms with E-state index in [1.165, 1.54) is 24.0 Å². The van der Waals surface area contributed by atoms with Gasteiger partial charge in [-0.2, -0.15) is 0 Å². The van der Waals surface area contributed by atoms with Crippen LogP contribution in [0, 0.1) is 0 Å². The third kappa shape index (κ3) is 4.05. The Morgan fingerprint density at radius 1 is 1.09 bits per heavy atom. The first kappa shape index (κ1) is 16.3. The first-order valence-electron chi connectivity index (χ1n) is 9.13.